The molecule has 6 nitrogen and oxygen atoms in total. The molecule has 6 heteroatoms. The zero-order valence-corrected chi connectivity index (χ0v) is 11.6. The predicted molar refractivity (Wildman–Crippen MR) is 76.8 cm³/mol. The molecule has 0 spiro atoms. The van der Waals surface area contributed by atoms with Crippen molar-refractivity contribution in [3.05, 3.63) is 41.5 Å². The highest BCUT2D eigenvalue weighted by Crippen LogP contribution is 2.26. The Balaban J connectivity index is 1.90. The smallest absolute Gasteiger partial charge is 0.258 e. The molecule has 0 aliphatic heterocycles. The average molecular weight is 285 g/mol. The second-order valence-corrected chi connectivity index (χ2v) is 4.86. The molecule has 108 valence electrons. The van der Waals surface area contributed by atoms with Crippen molar-refractivity contribution in [2.45, 2.75) is 19.3 Å². The topological polar surface area (TPSA) is 84.1 Å². The fourth-order valence-electron chi connectivity index (χ4n) is 2.55. The van der Waals surface area contributed by atoms with Crippen molar-refractivity contribution in [1.82, 2.24) is 9.97 Å². The Labute approximate surface area is 121 Å². The van der Waals surface area contributed by atoms with Crippen molar-refractivity contribution in [3.8, 4) is 5.75 Å². The first-order chi connectivity index (χ1) is 10.2. The summed E-state index contributed by atoms with van der Waals surface area (Å²) in [7, 11) is 1.52. The number of amides is 1. The van der Waals surface area contributed by atoms with Crippen LogP contribution in [-0.2, 0) is 6.42 Å². The number of H-pyrrole nitrogens is 1. The number of rotatable bonds is 3. The van der Waals surface area contributed by atoms with Gasteiger partial charge in [-0.25, -0.2) is 0 Å². The third-order valence-electron chi connectivity index (χ3n) is 3.57. The molecule has 3 rings (SSSR count). The SMILES string of the molecule is COc1ccncc1NC(=O)c1c[nH]c2c1C(=O)CCC2. The maximum absolute atomic E-state index is 12.4. The largest absolute Gasteiger partial charge is 0.494 e. The van der Waals surface area contributed by atoms with Gasteiger partial charge in [-0.05, 0) is 12.8 Å². The van der Waals surface area contributed by atoms with Gasteiger partial charge in [0.15, 0.2) is 5.78 Å². The van der Waals surface area contributed by atoms with Crippen LogP contribution in [0, 0.1) is 0 Å². The van der Waals surface area contributed by atoms with Gasteiger partial charge in [-0.3, -0.25) is 14.6 Å². The van der Waals surface area contributed by atoms with Gasteiger partial charge in [-0.15, -0.1) is 0 Å². The van der Waals surface area contributed by atoms with E-state index in [0.717, 1.165) is 18.5 Å². The number of ketones is 1. The summed E-state index contributed by atoms with van der Waals surface area (Å²) < 4.78 is 5.17. The monoisotopic (exact) mass is 285 g/mol. The molecule has 0 aromatic carbocycles. The van der Waals surface area contributed by atoms with E-state index in [-0.39, 0.29) is 11.7 Å². The molecule has 2 aromatic rings. The molecule has 0 saturated heterocycles. The molecule has 2 heterocycles. The summed E-state index contributed by atoms with van der Waals surface area (Å²) in [6.07, 6.45) is 6.79. The summed E-state index contributed by atoms with van der Waals surface area (Å²) >= 11 is 0. The highest BCUT2D eigenvalue weighted by molar-refractivity contribution is 6.13. The molecular formula is C15H15N3O3. The van der Waals surface area contributed by atoms with Gasteiger partial charge in [0, 0.05) is 30.6 Å². The quantitative estimate of drug-likeness (QED) is 0.905. The molecule has 2 N–H and O–H groups in total. The third kappa shape index (κ3) is 2.40. The number of carbonyl (C=O) groups is 2. The van der Waals surface area contributed by atoms with Crippen molar-refractivity contribution in [2.24, 2.45) is 0 Å². The third-order valence-corrected chi connectivity index (χ3v) is 3.57. The summed E-state index contributed by atoms with van der Waals surface area (Å²) in [5.41, 5.74) is 2.21. The van der Waals surface area contributed by atoms with Gasteiger partial charge in [0.1, 0.15) is 11.4 Å². The summed E-state index contributed by atoms with van der Waals surface area (Å²) in [6, 6.07) is 1.66. The number of aromatic amines is 1. The Morgan fingerprint density at radius 3 is 3.10 bits per heavy atom. The first-order valence-electron chi connectivity index (χ1n) is 6.73. The molecule has 2 aromatic heterocycles. The fourth-order valence-corrected chi connectivity index (χ4v) is 2.55. The van der Waals surface area contributed by atoms with E-state index in [2.05, 4.69) is 15.3 Å². The Morgan fingerprint density at radius 1 is 1.43 bits per heavy atom. The first-order valence-corrected chi connectivity index (χ1v) is 6.73. The Morgan fingerprint density at radius 2 is 2.29 bits per heavy atom. The van der Waals surface area contributed by atoms with Crippen LogP contribution < -0.4 is 10.1 Å². The molecule has 1 aliphatic rings. The summed E-state index contributed by atoms with van der Waals surface area (Å²) in [6.45, 7) is 0. The molecule has 0 atom stereocenters. The van der Waals surface area contributed by atoms with Gasteiger partial charge in [-0.1, -0.05) is 0 Å². The van der Waals surface area contributed by atoms with Crippen LogP contribution in [-0.4, -0.2) is 28.8 Å². The van der Waals surface area contributed by atoms with Gasteiger partial charge < -0.3 is 15.0 Å². The second kappa shape index (κ2) is 5.40. The number of Topliss-reactive ketones (excluding diaryl/α,β-unsaturated/α-hetero) is 1. The molecule has 1 aliphatic carbocycles. The Hall–Kier alpha value is -2.63. The highest BCUT2D eigenvalue weighted by Gasteiger charge is 2.26. The number of hydrogen-bond acceptors (Lipinski definition) is 4. The van der Waals surface area contributed by atoms with E-state index in [4.69, 9.17) is 4.74 Å². The molecule has 1 amide bonds. The van der Waals surface area contributed by atoms with Crippen molar-refractivity contribution in [3.63, 3.8) is 0 Å². The number of fused-ring (bicyclic) bond motifs is 1. The fraction of sp³-hybridized carbons (Fsp3) is 0.267. The van der Waals surface area contributed by atoms with Crippen LogP contribution in [0.1, 0.15) is 39.3 Å². The zero-order valence-electron chi connectivity index (χ0n) is 11.6. The van der Waals surface area contributed by atoms with Crippen LogP contribution in [0.25, 0.3) is 0 Å². The van der Waals surface area contributed by atoms with E-state index in [0.29, 0.717) is 29.0 Å². The Bertz CT molecular complexity index is 706. The number of hydrogen-bond donors (Lipinski definition) is 2. The summed E-state index contributed by atoms with van der Waals surface area (Å²) in [5.74, 6) is 0.198. The van der Waals surface area contributed by atoms with Crippen molar-refractivity contribution < 1.29 is 14.3 Å². The molecule has 0 saturated carbocycles. The standard InChI is InChI=1S/C15H15N3O3/c1-21-13-5-6-16-8-11(13)18-15(20)9-7-17-10-3-2-4-12(19)14(9)10/h5-8,17H,2-4H2,1H3,(H,18,20). The van der Waals surface area contributed by atoms with Gasteiger partial charge in [0.2, 0.25) is 0 Å². The maximum Gasteiger partial charge on any atom is 0.258 e. The van der Waals surface area contributed by atoms with Crippen LogP contribution >= 0.6 is 0 Å². The van der Waals surface area contributed by atoms with Crippen LogP contribution in [0.5, 0.6) is 5.75 Å². The molecule has 0 bridgehead atoms. The van der Waals surface area contributed by atoms with E-state index in [1.807, 2.05) is 0 Å². The normalized spacial score (nSPS) is 13.7. The number of pyridine rings is 1. The maximum atomic E-state index is 12.4. The minimum absolute atomic E-state index is 0.0146. The number of aryl methyl sites for hydroxylation is 1. The first kappa shape index (κ1) is 13.4. The number of nitrogens with one attached hydrogen (secondary N) is 2. The van der Waals surface area contributed by atoms with Crippen LogP contribution in [0.3, 0.4) is 0 Å². The van der Waals surface area contributed by atoms with Gasteiger partial charge in [-0.2, -0.15) is 0 Å². The van der Waals surface area contributed by atoms with Gasteiger partial charge in [0.05, 0.1) is 24.4 Å². The second-order valence-electron chi connectivity index (χ2n) is 4.86. The van der Waals surface area contributed by atoms with Crippen molar-refractivity contribution in [2.75, 3.05) is 12.4 Å². The van der Waals surface area contributed by atoms with E-state index in [9.17, 15) is 9.59 Å². The predicted octanol–water partition coefficient (Wildman–Crippen LogP) is 2.19. The van der Waals surface area contributed by atoms with E-state index >= 15 is 0 Å². The average Bonchev–Trinajstić information content (AvgIpc) is 2.93. The number of aromatic nitrogens is 2. The summed E-state index contributed by atoms with van der Waals surface area (Å²) in [4.78, 5) is 31.4. The van der Waals surface area contributed by atoms with E-state index in [1.165, 1.54) is 13.3 Å². The molecular weight excluding hydrogens is 270 g/mol. The lowest BCUT2D eigenvalue weighted by Crippen LogP contribution is -2.18. The Kier molecular flexibility index (Phi) is 3.43. The lowest BCUT2D eigenvalue weighted by atomic mass is 9.93. The number of ether oxygens (including phenoxy) is 1. The number of anilines is 1. The van der Waals surface area contributed by atoms with Crippen LogP contribution in [0.2, 0.25) is 0 Å². The van der Waals surface area contributed by atoms with Crippen molar-refractivity contribution in [1.29, 1.82) is 0 Å². The number of carbonyl (C=O) groups excluding carboxylic acids is 2. The van der Waals surface area contributed by atoms with E-state index < -0.39 is 0 Å². The minimum Gasteiger partial charge on any atom is -0.494 e. The lowest BCUT2D eigenvalue weighted by Gasteiger charge is -2.12. The van der Waals surface area contributed by atoms with Crippen molar-refractivity contribution >= 4 is 17.4 Å². The van der Waals surface area contributed by atoms with Crippen LogP contribution in [0.4, 0.5) is 5.69 Å². The van der Waals surface area contributed by atoms with Crippen LogP contribution in [0.15, 0.2) is 24.7 Å². The van der Waals surface area contributed by atoms with E-state index in [1.54, 1.807) is 18.5 Å². The van der Waals surface area contributed by atoms with Gasteiger partial charge in [0.25, 0.3) is 5.91 Å². The molecule has 0 unspecified atom stereocenters. The molecule has 0 fully saturated rings. The summed E-state index contributed by atoms with van der Waals surface area (Å²) in [5, 5.41) is 2.74. The zero-order chi connectivity index (χ0) is 14.8. The number of methoxy groups -OCH3 is 1. The van der Waals surface area contributed by atoms with Gasteiger partial charge >= 0.3 is 0 Å². The molecule has 0 radical (unpaired) electrons. The minimum atomic E-state index is -0.339. The number of nitrogens with zero attached hydrogens (tertiary/aromatic N) is 1. The lowest BCUT2D eigenvalue weighted by molar-refractivity contribution is 0.0956. The highest BCUT2D eigenvalue weighted by atomic mass is 16.5. The molecule has 21 heavy (non-hydrogen) atoms.